The Morgan fingerprint density at radius 1 is 1.43 bits per heavy atom. The maximum Gasteiger partial charge on any atom is 0.268 e. The summed E-state index contributed by atoms with van der Waals surface area (Å²) in [6.45, 7) is 0.611. The van der Waals surface area contributed by atoms with Gasteiger partial charge in [-0.3, -0.25) is 9.89 Å². The molecule has 110 valence electrons. The van der Waals surface area contributed by atoms with E-state index in [1.807, 2.05) is 18.3 Å². The normalized spacial score (nSPS) is 25.1. The third kappa shape index (κ3) is 2.33. The van der Waals surface area contributed by atoms with Crippen LogP contribution >= 0.6 is 0 Å². The minimum Gasteiger partial charge on any atom is -0.368 e. The highest BCUT2D eigenvalue weighted by Crippen LogP contribution is 2.36. The van der Waals surface area contributed by atoms with Crippen molar-refractivity contribution in [1.82, 2.24) is 25.1 Å². The van der Waals surface area contributed by atoms with Crippen LogP contribution in [0.3, 0.4) is 0 Å². The van der Waals surface area contributed by atoms with E-state index in [4.69, 9.17) is 4.74 Å². The fraction of sp³-hybridized carbons (Fsp3) is 0.500. The third-order valence-electron chi connectivity index (χ3n) is 4.06. The van der Waals surface area contributed by atoms with Crippen LogP contribution in [-0.2, 0) is 4.74 Å². The first kappa shape index (κ1) is 12.6. The highest BCUT2D eigenvalue weighted by atomic mass is 16.5. The Kier molecular flexibility index (Phi) is 2.99. The second-order valence-electron chi connectivity index (χ2n) is 5.56. The zero-order chi connectivity index (χ0) is 14.2. The average Bonchev–Trinajstić information content (AvgIpc) is 2.94. The topological polar surface area (TPSA) is 84.8 Å². The van der Waals surface area contributed by atoms with E-state index in [0.29, 0.717) is 18.5 Å². The molecule has 2 aromatic heterocycles. The molecule has 2 aliphatic rings. The van der Waals surface area contributed by atoms with Crippen LogP contribution in [0, 0.1) is 0 Å². The SMILES string of the molecule is O=C(N[C@H]1CCO[C@H]1c1ncn[nH]1)c1cccn1C1CC1. The van der Waals surface area contributed by atoms with Gasteiger partial charge in [-0.25, -0.2) is 4.98 Å². The number of carbonyl (C=O) groups excluding carboxylic acids is 1. The molecule has 2 N–H and O–H groups in total. The fourth-order valence-electron chi connectivity index (χ4n) is 2.86. The van der Waals surface area contributed by atoms with Gasteiger partial charge in [-0.1, -0.05) is 0 Å². The van der Waals surface area contributed by atoms with Gasteiger partial charge < -0.3 is 14.6 Å². The van der Waals surface area contributed by atoms with Crippen molar-refractivity contribution in [2.45, 2.75) is 37.5 Å². The average molecular weight is 287 g/mol. The largest absolute Gasteiger partial charge is 0.368 e. The molecule has 4 rings (SSSR count). The molecule has 21 heavy (non-hydrogen) atoms. The van der Waals surface area contributed by atoms with Crippen LogP contribution in [-0.4, -0.2) is 38.3 Å². The molecule has 0 unspecified atom stereocenters. The molecule has 1 amide bonds. The van der Waals surface area contributed by atoms with Crippen molar-refractivity contribution in [2.24, 2.45) is 0 Å². The number of aromatic amines is 1. The standard InChI is InChI=1S/C14H17N5O2/c20-14(11-2-1-6-19(11)9-3-4-9)17-10-5-7-21-12(10)13-15-8-16-18-13/h1-2,6,8-10,12H,3-5,7H2,(H,17,20)(H,15,16,18)/t10-,12+/m0/s1. The lowest BCUT2D eigenvalue weighted by atomic mass is 10.1. The number of hydrogen-bond acceptors (Lipinski definition) is 4. The van der Waals surface area contributed by atoms with Gasteiger partial charge >= 0.3 is 0 Å². The molecule has 0 aromatic carbocycles. The highest BCUT2D eigenvalue weighted by Gasteiger charge is 2.34. The van der Waals surface area contributed by atoms with Gasteiger partial charge in [-0.15, -0.1) is 0 Å². The van der Waals surface area contributed by atoms with Gasteiger partial charge in [0.2, 0.25) is 0 Å². The maximum atomic E-state index is 12.5. The summed E-state index contributed by atoms with van der Waals surface area (Å²) in [6.07, 6.45) is 6.27. The van der Waals surface area contributed by atoms with Crippen molar-refractivity contribution in [3.63, 3.8) is 0 Å². The fourth-order valence-corrected chi connectivity index (χ4v) is 2.86. The van der Waals surface area contributed by atoms with E-state index in [1.54, 1.807) is 0 Å². The summed E-state index contributed by atoms with van der Waals surface area (Å²) in [4.78, 5) is 16.6. The van der Waals surface area contributed by atoms with Gasteiger partial charge in [0.1, 0.15) is 18.1 Å². The molecular weight excluding hydrogens is 270 g/mol. The number of nitrogens with one attached hydrogen (secondary N) is 2. The lowest BCUT2D eigenvalue weighted by molar-refractivity contribution is 0.0786. The molecule has 1 saturated carbocycles. The zero-order valence-corrected chi connectivity index (χ0v) is 11.5. The Morgan fingerprint density at radius 2 is 2.33 bits per heavy atom. The number of ether oxygens (including phenoxy) is 1. The molecule has 1 aliphatic heterocycles. The molecule has 7 heteroatoms. The van der Waals surface area contributed by atoms with Crippen LogP contribution in [0.2, 0.25) is 0 Å². The first-order valence-electron chi connectivity index (χ1n) is 7.27. The number of aromatic nitrogens is 4. The van der Waals surface area contributed by atoms with E-state index in [1.165, 1.54) is 6.33 Å². The summed E-state index contributed by atoms with van der Waals surface area (Å²) < 4.78 is 7.73. The lowest BCUT2D eigenvalue weighted by Gasteiger charge is -2.18. The van der Waals surface area contributed by atoms with Gasteiger partial charge in [-0.05, 0) is 31.4 Å². The quantitative estimate of drug-likeness (QED) is 0.885. The van der Waals surface area contributed by atoms with Gasteiger partial charge in [0.15, 0.2) is 5.82 Å². The van der Waals surface area contributed by atoms with E-state index >= 15 is 0 Å². The summed E-state index contributed by atoms with van der Waals surface area (Å²) in [7, 11) is 0. The summed E-state index contributed by atoms with van der Waals surface area (Å²) in [5.41, 5.74) is 0.723. The van der Waals surface area contributed by atoms with E-state index in [9.17, 15) is 4.79 Å². The number of amides is 1. The summed E-state index contributed by atoms with van der Waals surface area (Å²) in [5, 5.41) is 9.73. The van der Waals surface area contributed by atoms with Crippen LogP contribution in [0.15, 0.2) is 24.7 Å². The van der Waals surface area contributed by atoms with E-state index in [-0.39, 0.29) is 18.1 Å². The minimum atomic E-state index is -0.249. The first-order valence-corrected chi connectivity index (χ1v) is 7.27. The molecule has 0 spiro atoms. The minimum absolute atomic E-state index is 0.0492. The molecule has 2 atom stereocenters. The Bertz CT molecular complexity index is 632. The summed E-state index contributed by atoms with van der Waals surface area (Å²) in [5.74, 6) is 0.613. The maximum absolute atomic E-state index is 12.5. The van der Waals surface area contributed by atoms with Crippen LogP contribution in [0.25, 0.3) is 0 Å². The summed E-state index contributed by atoms with van der Waals surface area (Å²) >= 11 is 0. The Balaban J connectivity index is 1.49. The van der Waals surface area contributed by atoms with Crippen LogP contribution in [0.4, 0.5) is 0 Å². The molecule has 0 radical (unpaired) electrons. The summed E-state index contributed by atoms with van der Waals surface area (Å²) in [6, 6.07) is 4.21. The van der Waals surface area contributed by atoms with E-state index in [2.05, 4.69) is 25.1 Å². The van der Waals surface area contributed by atoms with Gasteiger partial charge in [0.25, 0.3) is 5.91 Å². The van der Waals surface area contributed by atoms with Crippen molar-refractivity contribution in [3.05, 3.63) is 36.2 Å². The molecule has 1 aliphatic carbocycles. The Labute approximate surface area is 121 Å². The molecule has 0 bridgehead atoms. The molecule has 3 heterocycles. The van der Waals surface area contributed by atoms with Gasteiger partial charge in [0.05, 0.1) is 6.04 Å². The molecule has 7 nitrogen and oxygen atoms in total. The molecule has 2 fully saturated rings. The van der Waals surface area contributed by atoms with Crippen LogP contribution < -0.4 is 5.32 Å². The smallest absolute Gasteiger partial charge is 0.268 e. The number of carbonyl (C=O) groups is 1. The third-order valence-corrected chi connectivity index (χ3v) is 4.06. The van der Waals surface area contributed by atoms with Crippen molar-refractivity contribution in [2.75, 3.05) is 6.61 Å². The van der Waals surface area contributed by atoms with Crippen LogP contribution in [0.1, 0.15) is 47.7 Å². The van der Waals surface area contributed by atoms with Gasteiger partial charge in [0, 0.05) is 18.8 Å². The predicted octanol–water partition coefficient (Wildman–Crippen LogP) is 1.20. The van der Waals surface area contributed by atoms with Gasteiger partial charge in [-0.2, -0.15) is 5.10 Å². The number of hydrogen-bond donors (Lipinski definition) is 2. The van der Waals surface area contributed by atoms with Crippen molar-refractivity contribution in [3.8, 4) is 0 Å². The van der Waals surface area contributed by atoms with E-state index in [0.717, 1.165) is 25.0 Å². The van der Waals surface area contributed by atoms with Crippen molar-refractivity contribution < 1.29 is 9.53 Å². The monoisotopic (exact) mass is 287 g/mol. The lowest BCUT2D eigenvalue weighted by Crippen LogP contribution is -2.38. The number of H-pyrrole nitrogens is 1. The molecule has 2 aromatic rings. The van der Waals surface area contributed by atoms with Crippen LogP contribution in [0.5, 0.6) is 0 Å². The Hall–Kier alpha value is -2.15. The second kappa shape index (κ2) is 5.00. The first-order chi connectivity index (χ1) is 10.3. The highest BCUT2D eigenvalue weighted by molar-refractivity contribution is 5.93. The predicted molar refractivity (Wildman–Crippen MR) is 73.6 cm³/mol. The molecular formula is C14H17N5O2. The molecule has 1 saturated heterocycles. The number of nitrogens with zero attached hydrogens (tertiary/aromatic N) is 3. The van der Waals surface area contributed by atoms with E-state index < -0.39 is 0 Å². The van der Waals surface area contributed by atoms with Crippen molar-refractivity contribution >= 4 is 5.91 Å². The van der Waals surface area contributed by atoms with Crippen molar-refractivity contribution in [1.29, 1.82) is 0 Å². The zero-order valence-electron chi connectivity index (χ0n) is 11.5. The Morgan fingerprint density at radius 3 is 3.10 bits per heavy atom. The number of rotatable bonds is 4. The second-order valence-corrected chi connectivity index (χ2v) is 5.56.